The first-order valence-electron chi connectivity index (χ1n) is 7.55. The molecule has 0 radical (unpaired) electrons. The lowest BCUT2D eigenvalue weighted by atomic mass is 10.2. The molecule has 0 aromatic heterocycles. The van der Waals surface area contributed by atoms with Crippen molar-refractivity contribution < 1.29 is 32.5 Å². The van der Waals surface area contributed by atoms with Crippen molar-refractivity contribution >= 4 is 13.9 Å². The van der Waals surface area contributed by atoms with E-state index in [2.05, 4.69) is 5.32 Å². The maximum absolute atomic E-state index is 11.6. The zero-order valence-corrected chi connectivity index (χ0v) is 15.2. The molecule has 1 unspecified atom stereocenters. The van der Waals surface area contributed by atoms with Gasteiger partial charge < -0.3 is 19.4 Å². The van der Waals surface area contributed by atoms with Crippen molar-refractivity contribution in [3.05, 3.63) is 35.9 Å². The highest BCUT2D eigenvalue weighted by molar-refractivity contribution is 7.47. The number of phosphoric acid groups is 1. The van der Waals surface area contributed by atoms with Crippen molar-refractivity contribution in [2.24, 2.45) is 0 Å². The van der Waals surface area contributed by atoms with Crippen LogP contribution in [0.25, 0.3) is 0 Å². The van der Waals surface area contributed by atoms with Crippen molar-refractivity contribution in [2.45, 2.75) is 6.61 Å². The van der Waals surface area contributed by atoms with Crippen LogP contribution in [0.15, 0.2) is 30.3 Å². The molecule has 24 heavy (non-hydrogen) atoms. The number of nitrogens with zero attached hydrogens (tertiary/aromatic N) is 1. The SMILES string of the molecule is C[N+](C)(C)CCOP(=O)(O)OCCNC(=O)OCc1ccccc1. The third-order valence-corrected chi connectivity index (χ3v) is 3.87. The lowest BCUT2D eigenvalue weighted by Gasteiger charge is -2.24. The number of benzene rings is 1. The highest BCUT2D eigenvalue weighted by Crippen LogP contribution is 2.42. The fraction of sp³-hybridized carbons (Fsp3) is 0.533. The van der Waals surface area contributed by atoms with E-state index in [4.69, 9.17) is 13.8 Å². The predicted octanol–water partition coefficient (Wildman–Crippen LogP) is 1.75. The molecule has 8 nitrogen and oxygen atoms in total. The summed E-state index contributed by atoms with van der Waals surface area (Å²) in [6, 6.07) is 9.25. The first kappa shape index (κ1) is 20.6. The lowest BCUT2D eigenvalue weighted by Crippen LogP contribution is -2.37. The molecule has 0 aliphatic rings. The molecule has 0 aliphatic carbocycles. The van der Waals surface area contributed by atoms with E-state index in [1.165, 1.54) is 0 Å². The Kier molecular flexibility index (Phi) is 8.38. The number of hydrogen-bond donors (Lipinski definition) is 2. The molecule has 0 saturated heterocycles. The van der Waals surface area contributed by atoms with Gasteiger partial charge in [-0.1, -0.05) is 30.3 Å². The summed E-state index contributed by atoms with van der Waals surface area (Å²) in [6.07, 6.45) is -0.624. The van der Waals surface area contributed by atoms with E-state index >= 15 is 0 Å². The Labute approximate surface area is 142 Å². The summed E-state index contributed by atoms with van der Waals surface area (Å²) in [5.41, 5.74) is 0.870. The predicted molar refractivity (Wildman–Crippen MR) is 89.3 cm³/mol. The molecule has 0 bridgehead atoms. The Morgan fingerprint density at radius 3 is 2.42 bits per heavy atom. The molecule has 136 valence electrons. The van der Waals surface area contributed by atoms with Crippen LogP contribution in [0.1, 0.15) is 5.56 Å². The topological polar surface area (TPSA) is 94.1 Å². The van der Waals surface area contributed by atoms with Crippen LogP contribution in [0.2, 0.25) is 0 Å². The number of carbonyl (C=O) groups is 1. The number of quaternary nitrogens is 1. The zero-order valence-electron chi connectivity index (χ0n) is 14.3. The Morgan fingerprint density at radius 1 is 1.17 bits per heavy atom. The number of hydrogen-bond acceptors (Lipinski definition) is 5. The molecule has 0 fully saturated rings. The van der Waals surface area contributed by atoms with Gasteiger partial charge in [0.1, 0.15) is 19.8 Å². The molecule has 0 aliphatic heterocycles. The molecule has 1 aromatic rings. The highest BCUT2D eigenvalue weighted by Gasteiger charge is 2.22. The fourth-order valence-corrected chi connectivity index (χ4v) is 2.26. The zero-order chi connectivity index (χ0) is 18.1. The minimum atomic E-state index is -4.10. The number of likely N-dealkylation sites (N-methyl/N-ethyl adjacent to an activating group) is 1. The smallest absolute Gasteiger partial charge is 0.445 e. The molecular formula is C15H26N2O6P+. The van der Waals surface area contributed by atoms with Crippen LogP contribution in [0.3, 0.4) is 0 Å². The molecule has 0 saturated carbocycles. The number of phosphoric ester groups is 1. The van der Waals surface area contributed by atoms with Gasteiger partial charge in [-0.2, -0.15) is 0 Å². The number of alkyl carbamates (subject to hydrolysis) is 1. The molecule has 1 aromatic carbocycles. The number of rotatable bonds is 10. The molecular weight excluding hydrogens is 335 g/mol. The van der Waals surface area contributed by atoms with E-state index in [0.29, 0.717) is 11.0 Å². The average Bonchev–Trinajstić information content (AvgIpc) is 2.49. The standard InChI is InChI=1S/C15H25N2O6P/c1-17(2,3)10-12-23-24(19,20)22-11-9-16-15(18)21-13-14-7-5-4-6-8-14/h4-8H,9-13H2,1-3H3,(H-,16,18,19,20)/p+1. The van der Waals surface area contributed by atoms with Crippen molar-refractivity contribution in [1.82, 2.24) is 5.32 Å². The second kappa shape index (κ2) is 9.76. The van der Waals surface area contributed by atoms with Crippen LogP contribution >= 0.6 is 7.82 Å². The summed E-state index contributed by atoms with van der Waals surface area (Å²) in [5, 5.41) is 2.43. The third-order valence-electron chi connectivity index (χ3n) is 2.86. The molecule has 1 rings (SSSR count). The van der Waals surface area contributed by atoms with Crippen molar-refractivity contribution in [2.75, 3.05) is 47.4 Å². The molecule has 0 spiro atoms. The number of amides is 1. The maximum atomic E-state index is 11.6. The third kappa shape index (κ3) is 10.4. The minimum Gasteiger partial charge on any atom is -0.445 e. The first-order valence-corrected chi connectivity index (χ1v) is 9.04. The Balaban J connectivity index is 2.13. The van der Waals surface area contributed by atoms with Crippen molar-refractivity contribution in [3.8, 4) is 0 Å². The van der Waals surface area contributed by atoms with E-state index in [1.807, 2.05) is 51.5 Å². The second-order valence-corrected chi connectivity index (χ2v) is 7.59. The molecule has 9 heteroatoms. The molecule has 1 amide bonds. The van der Waals surface area contributed by atoms with Gasteiger partial charge in [-0.15, -0.1) is 0 Å². The van der Waals surface area contributed by atoms with Crippen LogP contribution in [0.5, 0.6) is 0 Å². The maximum Gasteiger partial charge on any atom is 0.472 e. The van der Waals surface area contributed by atoms with E-state index in [9.17, 15) is 14.3 Å². The summed E-state index contributed by atoms with van der Waals surface area (Å²) < 4.78 is 26.8. The molecule has 1 atom stereocenters. The summed E-state index contributed by atoms with van der Waals surface area (Å²) in [5.74, 6) is 0. The van der Waals surface area contributed by atoms with Gasteiger partial charge in [0.15, 0.2) is 0 Å². The average molecular weight is 361 g/mol. The normalized spacial score (nSPS) is 14.0. The van der Waals surface area contributed by atoms with Crippen LogP contribution in [-0.4, -0.2) is 62.9 Å². The second-order valence-electron chi connectivity index (χ2n) is 6.14. The van der Waals surface area contributed by atoms with E-state index in [1.54, 1.807) is 0 Å². The van der Waals surface area contributed by atoms with Gasteiger partial charge in [-0.25, -0.2) is 9.36 Å². The summed E-state index contributed by atoms with van der Waals surface area (Å²) in [6.45, 7) is 0.706. The van der Waals surface area contributed by atoms with E-state index in [0.717, 1.165) is 5.56 Å². The Bertz CT molecular complexity index is 547. The summed E-state index contributed by atoms with van der Waals surface area (Å²) >= 11 is 0. The van der Waals surface area contributed by atoms with Crippen LogP contribution in [-0.2, 0) is 25.0 Å². The quantitative estimate of drug-likeness (QED) is 0.375. The molecule has 2 N–H and O–H groups in total. The number of ether oxygens (including phenoxy) is 1. The van der Waals surface area contributed by atoms with Gasteiger partial charge >= 0.3 is 13.9 Å². The minimum absolute atomic E-state index is 0.0386. The van der Waals surface area contributed by atoms with Crippen molar-refractivity contribution in [3.63, 3.8) is 0 Å². The van der Waals surface area contributed by atoms with Gasteiger partial charge in [0.25, 0.3) is 0 Å². The van der Waals surface area contributed by atoms with Gasteiger partial charge in [0.05, 0.1) is 27.7 Å². The van der Waals surface area contributed by atoms with Crippen LogP contribution in [0.4, 0.5) is 4.79 Å². The number of nitrogens with one attached hydrogen (secondary N) is 1. The Hall–Kier alpha value is -1.44. The van der Waals surface area contributed by atoms with Crippen LogP contribution in [0, 0.1) is 0 Å². The van der Waals surface area contributed by atoms with E-state index in [-0.39, 0.29) is 26.4 Å². The number of carbonyl (C=O) groups excluding carboxylic acids is 1. The highest BCUT2D eigenvalue weighted by atomic mass is 31.2. The fourth-order valence-electron chi connectivity index (χ4n) is 1.56. The monoisotopic (exact) mass is 361 g/mol. The van der Waals surface area contributed by atoms with E-state index < -0.39 is 13.9 Å². The van der Waals surface area contributed by atoms with Gasteiger partial charge in [-0.3, -0.25) is 9.05 Å². The molecule has 0 heterocycles. The van der Waals surface area contributed by atoms with Gasteiger partial charge in [0.2, 0.25) is 0 Å². The van der Waals surface area contributed by atoms with Gasteiger partial charge in [-0.05, 0) is 5.56 Å². The summed E-state index contributed by atoms with van der Waals surface area (Å²) in [4.78, 5) is 21.0. The Morgan fingerprint density at radius 2 is 1.79 bits per heavy atom. The summed E-state index contributed by atoms with van der Waals surface area (Å²) in [7, 11) is 1.72. The van der Waals surface area contributed by atoms with Crippen LogP contribution < -0.4 is 5.32 Å². The largest absolute Gasteiger partial charge is 0.472 e. The lowest BCUT2D eigenvalue weighted by molar-refractivity contribution is -0.870. The van der Waals surface area contributed by atoms with Gasteiger partial charge in [0, 0.05) is 6.54 Å². The van der Waals surface area contributed by atoms with Crippen molar-refractivity contribution in [1.29, 1.82) is 0 Å². The first-order chi connectivity index (χ1) is 11.2.